The van der Waals surface area contributed by atoms with Gasteiger partial charge in [0.25, 0.3) is 0 Å². The molecule has 0 unspecified atom stereocenters. The number of hydrogen-bond acceptors (Lipinski definition) is 4. The molecule has 1 atom stereocenters. The maximum absolute atomic E-state index is 4.31. The highest BCUT2D eigenvalue weighted by Gasteiger charge is 2.14. The third-order valence-electron chi connectivity index (χ3n) is 2.64. The molecular weight excluding hydrogens is 188 g/mol. The lowest BCUT2D eigenvalue weighted by molar-refractivity contribution is 0.778. The maximum atomic E-state index is 4.31. The summed E-state index contributed by atoms with van der Waals surface area (Å²) in [6, 6.07) is 0.488. The second kappa shape index (κ2) is 5.07. The van der Waals surface area contributed by atoms with Gasteiger partial charge in [-0.1, -0.05) is 13.3 Å². The molecule has 2 N–H and O–H groups in total. The van der Waals surface area contributed by atoms with Gasteiger partial charge in [0.05, 0.1) is 0 Å². The number of nitrogens with one attached hydrogen (secondary N) is 2. The normalized spacial score (nSPS) is 20.5. The number of anilines is 1. The summed E-state index contributed by atoms with van der Waals surface area (Å²) in [5.41, 5.74) is 1.22. The quantitative estimate of drug-likeness (QED) is 0.777. The van der Waals surface area contributed by atoms with Crippen LogP contribution in [0.25, 0.3) is 0 Å². The van der Waals surface area contributed by atoms with Crippen LogP contribution in [0, 0.1) is 0 Å². The van der Waals surface area contributed by atoms with Crippen molar-refractivity contribution >= 4 is 5.95 Å². The molecule has 1 fully saturated rings. The molecule has 0 saturated carbocycles. The summed E-state index contributed by atoms with van der Waals surface area (Å²) in [5.74, 6) is 0.753. The molecule has 4 heteroatoms. The van der Waals surface area contributed by atoms with Gasteiger partial charge in [-0.3, -0.25) is 0 Å². The summed E-state index contributed by atoms with van der Waals surface area (Å²) >= 11 is 0. The first-order valence-corrected chi connectivity index (χ1v) is 5.66. The highest BCUT2D eigenvalue weighted by Crippen LogP contribution is 2.07. The monoisotopic (exact) mass is 206 g/mol. The molecule has 2 rings (SSSR count). The zero-order valence-electron chi connectivity index (χ0n) is 9.16. The van der Waals surface area contributed by atoms with Gasteiger partial charge in [-0.25, -0.2) is 9.97 Å². The molecule has 1 saturated heterocycles. The van der Waals surface area contributed by atoms with E-state index in [0.29, 0.717) is 6.04 Å². The van der Waals surface area contributed by atoms with Crippen LogP contribution in [0.2, 0.25) is 0 Å². The third kappa shape index (κ3) is 2.89. The van der Waals surface area contributed by atoms with E-state index < -0.39 is 0 Å². The molecule has 1 aliphatic heterocycles. The Bertz CT molecular complexity index is 290. The fourth-order valence-corrected chi connectivity index (χ4v) is 1.81. The van der Waals surface area contributed by atoms with Crippen LogP contribution in [0.4, 0.5) is 5.95 Å². The highest BCUT2D eigenvalue weighted by molar-refractivity contribution is 5.27. The molecule has 0 amide bonds. The minimum atomic E-state index is 0.488. The molecule has 4 nitrogen and oxygen atoms in total. The Morgan fingerprint density at radius 3 is 2.87 bits per heavy atom. The van der Waals surface area contributed by atoms with Crippen LogP contribution in [-0.4, -0.2) is 29.1 Å². The zero-order valence-corrected chi connectivity index (χ0v) is 9.16. The smallest absolute Gasteiger partial charge is 0.222 e. The van der Waals surface area contributed by atoms with E-state index in [1.165, 1.54) is 5.56 Å². The minimum absolute atomic E-state index is 0.488. The molecule has 82 valence electrons. The number of hydrogen-bond donors (Lipinski definition) is 2. The van der Waals surface area contributed by atoms with E-state index in [0.717, 1.165) is 38.3 Å². The molecule has 0 spiro atoms. The molecular formula is C11H18N4. The average Bonchev–Trinajstić information content (AvgIpc) is 2.74. The van der Waals surface area contributed by atoms with Crippen LogP contribution in [0.3, 0.4) is 0 Å². The number of rotatable bonds is 4. The summed E-state index contributed by atoms with van der Waals surface area (Å²) in [5, 5.41) is 6.63. The Morgan fingerprint density at radius 2 is 2.27 bits per heavy atom. The van der Waals surface area contributed by atoms with Crippen molar-refractivity contribution in [2.75, 3.05) is 18.4 Å². The van der Waals surface area contributed by atoms with Gasteiger partial charge in [0, 0.05) is 25.0 Å². The second-order valence-electron chi connectivity index (χ2n) is 4.00. The van der Waals surface area contributed by atoms with Gasteiger partial charge in [-0.2, -0.15) is 0 Å². The van der Waals surface area contributed by atoms with E-state index in [4.69, 9.17) is 0 Å². The van der Waals surface area contributed by atoms with E-state index in [1.807, 2.05) is 12.4 Å². The highest BCUT2D eigenvalue weighted by atomic mass is 15.1. The van der Waals surface area contributed by atoms with Crippen LogP contribution in [-0.2, 0) is 6.42 Å². The first kappa shape index (κ1) is 10.4. The average molecular weight is 206 g/mol. The van der Waals surface area contributed by atoms with Gasteiger partial charge in [0.15, 0.2) is 0 Å². The van der Waals surface area contributed by atoms with Gasteiger partial charge >= 0.3 is 0 Å². The van der Waals surface area contributed by atoms with Crippen molar-refractivity contribution in [2.24, 2.45) is 0 Å². The first-order chi connectivity index (χ1) is 7.38. The van der Waals surface area contributed by atoms with Crippen molar-refractivity contribution in [2.45, 2.75) is 32.2 Å². The Morgan fingerprint density at radius 1 is 1.47 bits per heavy atom. The van der Waals surface area contributed by atoms with E-state index in [2.05, 4.69) is 27.5 Å². The predicted octanol–water partition coefficient (Wildman–Crippen LogP) is 1.20. The van der Waals surface area contributed by atoms with Gasteiger partial charge in [-0.15, -0.1) is 0 Å². The molecule has 0 radical (unpaired) electrons. The van der Waals surface area contributed by atoms with Crippen LogP contribution >= 0.6 is 0 Å². The largest absolute Gasteiger partial charge is 0.350 e. The minimum Gasteiger partial charge on any atom is -0.350 e. The fourth-order valence-electron chi connectivity index (χ4n) is 1.81. The Balaban J connectivity index is 1.91. The SMILES string of the molecule is CCCc1cnc(N[C@@H]2CCNC2)nc1. The Kier molecular flexibility index (Phi) is 3.50. The van der Waals surface area contributed by atoms with Gasteiger partial charge in [-0.05, 0) is 24.9 Å². The molecule has 0 aromatic carbocycles. The van der Waals surface area contributed by atoms with Crippen LogP contribution in [0.1, 0.15) is 25.3 Å². The fraction of sp³-hybridized carbons (Fsp3) is 0.636. The number of nitrogens with zero attached hydrogens (tertiary/aromatic N) is 2. The molecule has 0 bridgehead atoms. The number of aromatic nitrogens is 2. The predicted molar refractivity (Wildman–Crippen MR) is 60.9 cm³/mol. The van der Waals surface area contributed by atoms with E-state index in [-0.39, 0.29) is 0 Å². The molecule has 15 heavy (non-hydrogen) atoms. The van der Waals surface area contributed by atoms with Gasteiger partial charge in [0.1, 0.15) is 0 Å². The summed E-state index contributed by atoms with van der Waals surface area (Å²) < 4.78 is 0. The summed E-state index contributed by atoms with van der Waals surface area (Å²) in [6.07, 6.45) is 7.19. The lowest BCUT2D eigenvalue weighted by atomic mass is 10.2. The van der Waals surface area contributed by atoms with Crippen LogP contribution in [0.5, 0.6) is 0 Å². The summed E-state index contributed by atoms with van der Waals surface area (Å²) in [4.78, 5) is 8.62. The van der Waals surface area contributed by atoms with Crippen LogP contribution < -0.4 is 10.6 Å². The van der Waals surface area contributed by atoms with Crippen LogP contribution in [0.15, 0.2) is 12.4 Å². The molecule has 2 heterocycles. The maximum Gasteiger partial charge on any atom is 0.222 e. The van der Waals surface area contributed by atoms with Gasteiger partial charge in [0.2, 0.25) is 5.95 Å². The zero-order chi connectivity index (χ0) is 10.5. The summed E-state index contributed by atoms with van der Waals surface area (Å²) in [7, 11) is 0. The standard InChI is InChI=1S/C11H18N4/c1-2-3-9-6-13-11(14-7-9)15-10-4-5-12-8-10/h6-7,10,12H,2-5,8H2,1H3,(H,13,14,15)/t10-/m1/s1. The van der Waals surface area contributed by atoms with E-state index in [9.17, 15) is 0 Å². The molecule has 0 aliphatic carbocycles. The third-order valence-corrected chi connectivity index (χ3v) is 2.64. The van der Waals surface area contributed by atoms with E-state index in [1.54, 1.807) is 0 Å². The molecule has 1 aromatic heterocycles. The second-order valence-corrected chi connectivity index (χ2v) is 4.00. The molecule has 1 aliphatic rings. The van der Waals surface area contributed by atoms with Crippen molar-refractivity contribution < 1.29 is 0 Å². The Labute approximate surface area is 90.5 Å². The lowest BCUT2D eigenvalue weighted by Crippen LogP contribution is -2.23. The topological polar surface area (TPSA) is 49.8 Å². The lowest BCUT2D eigenvalue weighted by Gasteiger charge is -2.10. The van der Waals surface area contributed by atoms with Crippen molar-refractivity contribution in [1.82, 2.24) is 15.3 Å². The van der Waals surface area contributed by atoms with E-state index >= 15 is 0 Å². The molecule has 1 aromatic rings. The van der Waals surface area contributed by atoms with Gasteiger partial charge < -0.3 is 10.6 Å². The first-order valence-electron chi connectivity index (χ1n) is 5.66. The number of aryl methyl sites for hydroxylation is 1. The van der Waals surface area contributed by atoms with Crippen molar-refractivity contribution in [1.29, 1.82) is 0 Å². The van der Waals surface area contributed by atoms with Crippen molar-refractivity contribution in [3.05, 3.63) is 18.0 Å². The van der Waals surface area contributed by atoms with Crippen molar-refractivity contribution in [3.8, 4) is 0 Å². The summed E-state index contributed by atoms with van der Waals surface area (Å²) in [6.45, 7) is 4.27. The Hall–Kier alpha value is -1.16. The van der Waals surface area contributed by atoms with Crippen molar-refractivity contribution in [3.63, 3.8) is 0 Å².